The summed E-state index contributed by atoms with van der Waals surface area (Å²) in [5.41, 5.74) is 4.09. The summed E-state index contributed by atoms with van der Waals surface area (Å²) in [4.78, 5) is 15.5. The molecule has 1 saturated carbocycles. The largest absolute Gasteiger partial charge is 0.317 e. The van der Waals surface area contributed by atoms with Gasteiger partial charge in [0.25, 0.3) is 0 Å². The summed E-state index contributed by atoms with van der Waals surface area (Å²) < 4.78 is 0. The maximum atomic E-state index is 13.4. The zero-order valence-corrected chi connectivity index (χ0v) is 18.4. The molecule has 0 atom stereocenters. The van der Waals surface area contributed by atoms with Crippen LogP contribution in [0.4, 0.5) is 5.69 Å². The fraction of sp³-hybridized carbons (Fsp3) is 0.731. The Kier molecular flexibility index (Phi) is 7.29. The van der Waals surface area contributed by atoms with Crippen molar-refractivity contribution < 1.29 is 4.79 Å². The van der Waals surface area contributed by atoms with E-state index in [0.29, 0.717) is 5.91 Å². The summed E-state index contributed by atoms with van der Waals surface area (Å²) in [6, 6.07) is 6.97. The number of carbonyl (C=O) groups excluding carboxylic acids is 1. The SMILES string of the molecule is CCCCC1CCC(C(=O)N2CCCc3cc(CC4CCNCC4)ccc32)CC1. The maximum absolute atomic E-state index is 13.4. The molecule has 1 aromatic carbocycles. The van der Waals surface area contributed by atoms with Gasteiger partial charge in [-0.05, 0) is 99.9 Å². The van der Waals surface area contributed by atoms with Crippen molar-refractivity contribution >= 4 is 11.6 Å². The second-order valence-electron chi connectivity index (χ2n) is 9.81. The lowest BCUT2D eigenvalue weighted by Gasteiger charge is -2.35. The normalized spacial score (nSPS) is 25.6. The monoisotopic (exact) mass is 396 g/mol. The van der Waals surface area contributed by atoms with Crippen molar-refractivity contribution in [1.82, 2.24) is 5.32 Å². The van der Waals surface area contributed by atoms with Gasteiger partial charge < -0.3 is 10.2 Å². The number of hydrogen-bond acceptors (Lipinski definition) is 2. The first-order chi connectivity index (χ1) is 14.2. The van der Waals surface area contributed by atoms with Crippen LogP contribution < -0.4 is 10.2 Å². The van der Waals surface area contributed by atoms with Gasteiger partial charge in [-0.1, -0.05) is 38.3 Å². The van der Waals surface area contributed by atoms with E-state index >= 15 is 0 Å². The van der Waals surface area contributed by atoms with E-state index in [1.54, 1.807) is 0 Å². The molecule has 1 N–H and O–H groups in total. The number of carbonyl (C=O) groups is 1. The highest BCUT2D eigenvalue weighted by Crippen LogP contribution is 2.36. The molecule has 0 aromatic heterocycles. The Morgan fingerprint density at radius 3 is 2.62 bits per heavy atom. The van der Waals surface area contributed by atoms with Crippen molar-refractivity contribution in [3.05, 3.63) is 29.3 Å². The standard InChI is InChI=1S/C26H40N2O/c1-2-3-5-20-7-10-23(11-8-20)26(29)28-17-4-6-24-19-22(9-12-25(24)28)18-21-13-15-27-16-14-21/h9,12,19-21,23,27H,2-8,10-11,13-18H2,1H3. The minimum absolute atomic E-state index is 0.258. The quantitative estimate of drug-likeness (QED) is 0.688. The minimum atomic E-state index is 0.258. The van der Waals surface area contributed by atoms with Gasteiger partial charge in [-0.25, -0.2) is 0 Å². The molecular formula is C26H40N2O. The Balaban J connectivity index is 1.38. The Labute approximate surface area is 177 Å². The van der Waals surface area contributed by atoms with E-state index in [0.717, 1.165) is 44.1 Å². The smallest absolute Gasteiger partial charge is 0.230 e. The average molecular weight is 397 g/mol. The first kappa shape index (κ1) is 20.9. The second-order valence-corrected chi connectivity index (χ2v) is 9.81. The van der Waals surface area contributed by atoms with Gasteiger partial charge in [0, 0.05) is 18.2 Å². The molecule has 2 fully saturated rings. The summed E-state index contributed by atoms with van der Waals surface area (Å²) in [5.74, 6) is 2.35. The fourth-order valence-corrected chi connectivity index (χ4v) is 5.84. The maximum Gasteiger partial charge on any atom is 0.230 e. The number of rotatable bonds is 6. The summed E-state index contributed by atoms with van der Waals surface area (Å²) in [6.07, 6.45) is 14.8. The van der Waals surface area contributed by atoms with Crippen LogP contribution in [-0.4, -0.2) is 25.5 Å². The number of nitrogens with zero attached hydrogens (tertiary/aromatic N) is 1. The van der Waals surface area contributed by atoms with Crippen LogP contribution in [0.15, 0.2) is 18.2 Å². The number of benzene rings is 1. The zero-order chi connectivity index (χ0) is 20.1. The van der Waals surface area contributed by atoms with Gasteiger partial charge in [0.05, 0.1) is 0 Å². The molecule has 1 aliphatic carbocycles. The predicted octanol–water partition coefficient (Wildman–Crippen LogP) is 5.50. The molecule has 0 spiro atoms. The predicted molar refractivity (Wildman–Crippen MR) is 121 cm³/mol. The van der Waals surface area contributed by atoms with Crippen LogP contribution in [0.2, 0.25) is 0 Å². The van der Waals surface area contributed by atoms with E-state index in [1.165, 1.54) is 81.3 Å². The van der Waals surface area contributed by atoms with Crippen molar-refractivity contribution in [3.63, 3.8) is 0 Å². The first-order valence-corrected chi connectivity index (χ1v) is 12.4. The Morgan fingerprint density at radius 1 is 1.07 bits per heavy atom. The van der Waals surface area contributed by atoms with Gasteiger partial charge in [0.15, 0.2) is 0 Å². The highest BCUT2D eigenvalue weighted by atomic mass is 16.2. The number of fused-ring (bicyclic) bond motifs is 1. The van der Waals surface area contributed by atoms with Gasteiger partial charge in [0.1, 0.15) is 0 Å². The van der Waals surface area contributed by atoms with Crippen molar-refractivity contribution in [2.75, 3.05) is 24.5 Å². The summed E-state index contributed by atoms with van der Waals surface area (Å²) in [5, 5.41) is 3.47. The minimum Gasteiger partial charge on any atom is -0.317 e. The highest BCUT2D eigenvalue weighted by molar-refractivity contribution is 5.96. The van der Waals surface area contributed by atoms with E-state index in [9.17, 15) is 4.79 Å². The van der Waals surface area contributed by atoms with E-state index < -0.39 is 0 Å². The van der Waals surface area contributed by atoms with Gasteiger partial charge >= 0.3 is 0 Å². The number of piperidine rings is 1. The lowest BCUT2D eigenvalue weighted by Crippen LogP contribution is -2.41. The summed E-state index contributed by atoms with van der Waals surface area (Å²) in [7, 11) is 0. The molecule has 1 aromatic rings. The fourth-order valence-electron chi connectivity index (χ4n) is 5.84. The van der Waals surface area contributed by atoms with Crippen molar-refractivity contribution in [3.8, 4) is 0 Å². The van der Waals surface area contributed by atoms with Gasteiger partial charge in [0.2, 0.25) is 5.91 Å². The third kappa shape index (κ3) is 5.23. The Bertz CT molecular complexity index is 671. The molecule has 0 radical (unpaired) electrons. The van der Waals surface area contributed by atoms with Crippen molar-refractivity contribution in [2.24, 2.45) is 17.8 Å². The van der Waals surface area contributed by atoms with Gasteiger partial charge in [-0.15, -0.1) is 0 Å². The van der Waals surface area contributed by atoms with Crippen LogP contribution >= 0.6 is 0 Å². The molecule has 1 amide bonds. The van der Waals surface area contributed by atoms with Crippen LogP contribution in [0.25, 0.3) is 0 Å². The van der Waals surface area contributed by atoms with Crippen LogP contribution in [0, 0.1) is 17.8 Å². The Hall–Kier alpha value is -1.35. The van der Waals surface area contributed by atoms with E-state index in [1.807, 2.05) is 0 Å². The van der Waals surface area contributed by atoms with E-state index in [2.05, 4.69) is 35.3 Å². The molecule has 29 heavy (non-hydrogen) atoms. The second kappa shape index (κ2) is 10.1. The average Bonchev–Trinajstić information content (AvgIpc) is 2.78. The molecule has 2 heterocycles. The van der Waals surface area contributed by atoms with Gasteiger partial charge in [-0.2, -0.15) is 0 Å². The topological polar surface area (TPSA) is 32.3 Å². The number of amides is 1. The molecule has 0 bridgehead atoms. The van der Waals surface area contributed by atoms with Crippen molar-refractivity contribution in [2.45, 2.75) is 84.0 Å². The third-order valence-electron chi connectivity index (χ3n) is 7.67. The molecule has 1 saturated heterocycles. The van der Waals surface area contributed by atoms with E-state index in [4.69, 9.17) is 0 Å². The summed E-state index contributed by atoms with van der Waals surface area (Å²) >= 11 is 0. The molecule has 4 rings (SSSR count). The number of nitrogens with one attached hydrogen (secondary N) is 1. The van der Waals surface area contributed by atoms with Crippen LogP contribution in [0.5, 0.6) is 0 Å². The summed E-state index contributed by atoms with van der Waals surface area (Å²) in [6.45, 7) is 5.52. The molecule has 3 nitrogen and oxygen atoms in total. The van der Waals surface area contributed by atoms with E-state index in [-0.39, 0.29) is 5.92 Å². The first-order valence-electron chi connectivity index (χ1n) is 12.4. The van der Waals surface area contributed by atoms with Crippen LogP contribution in [0.3, 0.4) is 0 Å². The molecule has 0 unspecified atom stereocenters. The molecule has 3 aliphatic rings. The lowest BCUT2D eigenvalue weighted by molar-refractivity contribution is -0.123. The van der Waals surface area contributed by atoms with Crippen molar-refractivity contribution in [1.29, 1.82) is 0 Å². The zero-order valence-electron chi connectivity index (χ0n) is 18.4. The number of hydrogen-bond donors (Lipinski definition) is 1. The lowest BCUT2D eigenvalue weighted by atomic mass is 9.79. The number of anilines is 1. The number of unbranched alkanes of at least 4 members (excludes halogenated alkanes) is 1. The molecule has 160 valence electrons. The third-order valence-corrected chi connectivity index (χ3v) is 7.67. The Morgan fingerprint density at radius 2 is 1.86 bits per heavy atom. The molecule has 2 aliphatic heterocycles. The number of aryl methyl sites for hydroxylation is 1. The van der Waals surface area contributed by atoms with Gasteiger partial charge in [-0.3, -0.25) is 4.79 Å². The van der Waals surface area contributed by atoms with Crippen LogP contribution in [0.1, 0.15) is 82.3 Å². The molecular weight excluding hydrogens is 356 g/mol. The highest BCUT2D eigenvalue weighted by Gasteiger charge is 2.32. The van der Waals surface area contributed by atoms with Crippen LogP contribution in [-0.2, 0) is 17.6 Å². The molecule has 3 heteroatoms.